The van der Waals surface area contributed by atoms with Crippen LogP contribution in [0.5, 0.6) is 0 Å². The number of hydrogen-bond acceptors (Lipinski definition) is 3. The van der Waals surface area contributed by atoms with Crippen molar-refractivity contribution in [3.05, 3.63) is 47.2 Å². The van der Waals surface area contributed by atoms with Gasteiger partial charge in [0, 0.05) is 11.2 Å². The van der Waals surface area contributed by atoms with Crippen LogP contribution in [0, 0.1) is 5.92 Å². The zero-order chi connectivity index (χ0) is 15.7. The molecule has 1 aliphatic carbocycles. The molecule has 2 N–H and O–H groups in total. The molecule has 0 radical (unpaired) electrons. The summed E-state index contributed by atoms with van der Waals surface area (Å²) in [7, 11) is 0. The molecular weight excluding hydrogens is 302 g/mol. The van der Waals surface area contributed by atoms with E-state index >= 15 is 0 Å². The number of aliphatic hydroxyl groups is 1. The fraction of sp³-hybridized carbons (Fsp3) is 0.375. The molecule has 1 unspecified atom stereocenters. The monoisotopic (exact) mass is 319 g/mol. The molecule has 1 heterocycles. The fourth-order valence-electron chi connectivity index (χ4n) is 2.52. The van der Waals surface area contributed by atoms with Crippen LogP contribution < -0.4 is 5.32 Å². The molecule has 1 aromatic heterocycles. The van der Waals surface area contributed by atoms with Gasteiger partial charge in [0.25, 0.3) is 5.91 Å². The van der Waals surface area contributed by atoms with E-state index in [0.717, 1.165) is 18.5 Å². The Morgan fingerprint density at radius 1 is 1.50 bits per heavy atom. The SMILES string of the molecule is CC(CO)(NC(=O)c1ccn(-c2cccc(Cl)c2)n1)C1CC1. The molecule has 1 aromatic carbocycles. The summed E-state index contributed by atoms with van der Waals surface area (Å²) < 4.78 is 1.61. The van der Waals surface area contributed by atoms with E-state index < -0.39 is 5.54 Å². The Hall–Kier alpha value is -1.85. The first-order chi connectivity index (χ1) is 10.5. The first-order valence-corrected chi connectivity index (χ1v) is 7.64. The summed E-state index contributed by atoms with van der Waals surface area (Å²) in [5.74, 6) is 0.0701. The molecular formula is C16H18ClN3O2. The highest BCUT2D eigenvalue weighted by molar-refractivity contribution is 6.30. The third kappa shape index (κ3) is 3.00. The van der Waals surface area contributed by atoms with Crippen molar-refractivity contribution in [1.29, 1.82) is 0 Å². The predicted molar refractivity (Wildman–Crippen MR) is 84.3 cm³/mol. The fourth-order valence-corrected chi connectivity index (χ4v) is 2.71. The van der Waals surface area contributed by atoms with Crippen LogP contribution in [-0.4, -0.2) is 32.9 Å². The van der Waals surface area contributed by atoms with Crippen LogP contribution in [0.25, 0.3) is 5.69 Å². The van der Waals surface area contributed by atoms with Crippen molar-refractivity contribution in [3.8, 4) is 5.69 Å². The third-order valence-electron chi connectivity index (χ3n) is 4.10. The molecule has 2 aromatic rings. The second-order valence-corrected chi connectivity index (χ2v) is 6.37. The van der Waals surface area contributed by atoms with Crippen LogP contribution in [0.15, 0.2) is 36.5 Å². The lowest BCUT2D eigenvalue weighted by Crippen LogP contribution is -2.50. The Morgan fingerprint density at radius 2 is 2.27 bits per heavy atom. The number of carbonyl (C=O) groups excluding carboxylic acids is 1. The quantitative estimate of drug-likeness (QED) is 0.889. The summed E-state index contributed by atoms with van der Waals surface area (Å²) in [6, 6.07) is 8.90. The van der Waals surface area contributed by atoms with Gasteiger partial charge in [0.05, 0.1) is 17.8 Å². The van der Waals surface area contributed by atoms with Crippen molar-refractivity contribution in [1.82, 2.24) is 15.1 Å². The topological polar surface area (TPSA) is 67.2 Å². The number of nitrogens with zero attached hydrogens (tertiary/aromatic N) is 2. The van der Waals surface area contributed by atoms with E-state index in [0.29, 0.717) is 16.6 Å². The van der Waals surface area contributed by atoms with Gasteiger partial charge in [0.2, 0.25) is 0 Å². The van der Waals surface area contributed by atoms with E-state index in [4.69, 9.17) is 11.6 Å². The van der Waals surface area contributed by atoms with Crippen molar-refractivity contribution in [2.45, 2.75) is 25.3 Å². The molecule has 0 spiro atoms. The molecule has 5 nitrogen and oxygen atoms in total. The average Bonchev–Trinajstić information content (AvgIpc) is 3.25. The summed E-state index contributed by atoms with van der Waals surface area (Å²) in [6.07, 6.45) is 3.79. The van der Waals surface area contributed by atoms with Crippen LogP contribution in [0.1, 0.15) is 30.3 Å². The zero-order valence-electron chi connectivity index (χ0n) is 12.3. The summed E-state index contributed by atoms with van der Waals surface area (Å²) in [5.41, 5.74) is 0.538. The smallest absolute Gasteiger partial charge is 0.272 e. The number of benzene rings is 1. The lowest BCUT2D eigenvalue weighted by atomic mass is 9.97. The van der Waals surface area contributed by atoms with Gasteiger partial charge in [-0.2, -0.15) is 5.10 Å². The molecule has 1 amide bonds. The number of halogens is 1. The Bertz CT molecular complexity index is 696. The van der Waals surface area contributed by atoms with Crippen molar-refractivity contribution < 1.29 is 9.90 Å². The number of aromatic nitrogens is 2. The standard InChI is InChI=1S/C16H18ClN3O2/c1-16(10-21,11-5-6-11)18-15(22)14-7-8-20(19-14)13-4-2-3-12(17)9-13/h2-4,7-9,11,21H,5-6,10H2,1H3,(H,18,22). The molecule has 0 bridgehead atoms. The molecule has 1 saturated carbocycles. The predicted octanol–water partition coefficient (Wildman–Crippen LogP) is 2.42. The molecule has 6 heteroatoms. The van der Waals surface area contributed by atoms with Crippen molar-refractivity contribution in [3.63, 3.8) is 0 Å². The lowest BCUT2D eigenvalue weighted by molar-refractivity contribution is 0.0819. The Morgan fingerprint density at radius 3 is 2.91 bits per heavy atom. The van der Waals surface area contributed by atoms with E-state index in [2.05, 4.69) is 10.4 Å². The van der Waals surface area contributed by atoms with Gasteiger partial charge < -0.3 is 10.4 Å². The maximum Gasteiger partial charge on any atom is 0.272 e. The van der Waals surface area contributed by atoms with Crippen molar-refractivity contribution >= 4 is 17.5 Å². The number of aliphatic hydroxyl groups excluding tert-OH is 1. The normalized spacial score (nSPS) is 17.0. The van der Waals surface area contributed by atoms with E-state index in [1.54, 1.807) is 29.1 Å². The lowest BCUT2D eigenvalue weighted by Gasteiger charge is -2.28. The number of rotatable bonds is 5. The highest BCUT2D eigenvalue weighted by Gasteiger charge is 2.42. The Kier molecular flexibility index (Phi) is 3.93. The average molecular weight is 320 g/mol. The van der Waals surface area contributed by atoms with E-state index in [1.807, 2.05) is 19.1 Å². The Balaban J connectivity index is 1.77. The van der Waals surface area contributed by atoms with Gasteiger partial charge in [-0.15, -0.1) is 0 Å². The second kappa shape index (κ2) is 5.74. The number of nitrogens with one attached hydrogen (secondary N) is 1. The van der Waals surface area contributed by atoms with Gasteiger partial charge in [-0.1, -0.05) is 17.7 Å². The first-order valence-electron chi connectivity index (χ1n) is 7.27. The molecule has 22 heavy (non-hydrogen) atoms. The van der Waals surface area contributed by atoms with Crippen molar-refractivity contribution in [2.75, 3.05) is 6.61 Å². The molecule has 116 valence electrons. The van der Waals surface area contributed by atoms with Crippen LogP contribution in [0.4, 0.5) is 0 Å². The van der Waals surface area contributed by atoms with Gasteiger partial charge >= 0.3 is 0 Å². The van der Waals surface area contributed by atoms with Crippen LogP contribution in [0.3, 0.4) is 0 Å². The maximum absolute atomic E-state index is 12.3. The summed E-state index contributed by atoms with van der Waals surface area (Å²) >= 11 is 5.96. The molecule has 1 aliphatic rings. The van der Waals surface area contributed by atoms with Gasteiger partial charge in [-0.05, 0) is 49.9 Å². The molecule has 0 saturated heterocycles. The minimum Gasteiger partial charge on any atom is -0.394 e. The van der Waals surface area contributed by atoms with Crippen LogP contribution in [-0.2, 0) is 0 Å². The molecule has 1 atom stereocenters. The van der Waals surface area contributed by atoms with Gasteiger partial charge in [0.15, 0.2) is 5.69 Å². The van der Waals surface area contributed by atoms with E-state index in [-0.39, 0.29) is 12.5 Å². The largest absolute Gasteiger partial charge is 0.394 e. The second-order valence-electron chi connectivity index (χ2n) is 5.93. The summed E-state index contributed by atoms with van der Waals surface area (Å²) in [5, 5.41) is 17.4. The molecule has 3 rings (SSSR count). The van der Waals surface area contributed by atoms with E-state index in [1.165, 1.54) is 0 Å². The van der Waals surface area contributed by atoms with E-state index in [9.17, 15) is 9.90 Å². The highest BCUT2D eigenvalue weighted by atomic mass is 35.5. The van der Waals surface area contributed by atoms with Crippen LogP contribution in [0.2, 0.25) is 5.02 Å². The van der Waals surface area contributed by atoms with Gasteiger partial charge in [-0.3, -0.25) is 4.79 Å². The number of carbonyl (C=O) groups is 1. The molecule has 0 aliphatic heterocycles. The minimum atomic E-state index is -0.573. The highest BCUT2D eigenvalue weighted by Crippen LogP contribution is 2.39. The number of hydrogen-bond donors (Lipinski definition) is 2. The Labute approximate surface area is 133 Å². The first kappa shape index (κ1) is 15.1. The summed E-state index contributed by atoms with van der Waals surface area (Å²) in [6.45, 7) is 1.80. The van der Waals surface area contributed by atoms with Gasteiger partial charge in [0.1, 0.15) is 0 Å². The zero-order valence-corrected chi connectivity index (χ0v) is 13.0. The van der Waals surface area contributed by atoms with Crippen LogP contribution >= 0.6 is 11.6 Å². The van der Waals surface area contributed by atoms with Gasteiger partial charge in [-0.25, -0.2) is 4.68 Å². The molecule has 1 fully saturated rings. The summed E-state index contributed by atoms with van der Waals surface area (Å²) in [4.78, 5) is 12.3. The van der Waals surface area contributed by atoms with Crippen molar-refractivity contribution in [2.24, 2.45) is 5.92 Å². The number of amides is 1. The minimum absolute atomic E-state index is 0.0710. The third-order valence-corrected chi connectivity index (χ3v) is 4.34. The maximum atomic E-state index is 12.3.